The molecule has 0 bridgehead atoms. The van der Waals surface area contributed by atoms with Gasteiger partial charge in [-0.15, -0.1) is 0 Å². The van der Waals surface area contributed by atoms with Gasteiger partial charge in [0.25, 0.3) is 5.56 Å². The number of rotatable bonds is 8. The Morgan fingerprint density at radius 3 is 2.42 bits per heavy atom. The first-order chi connectivity index (χ1) is 15.5. The second kappa shape index (κ2) is 9.44. The zero-order valence-corrected chi connectivity index (χ0v) is 18.9. The number of carbonyl (C=O) groups excluding carboxylic acids is 1. The Bertz CT molecular complexity index is 1120. The lowest BCUT2D eigenvalue weighted by Crippen LogP contribution is -2.42. The number of benzene rings is 1. The molecule has 3 N–H and O–H groups in total. The van der Waals surface area contributed by atoms with E-state index in [-0.39, 0.29) is 42.3 Å². The van der Waals surface area contributed by atoms with Gasteiger partial charge in [0, 0.05) is 19.0 Å². The van der Waals surface area contributed by atoms with Gasteiger partial charge in [0.1, 0.15) is 5.82 Å². The number of nitrogens with two attached hydrogens (primary N) is 1. The molecule has 0 aliphatic heterocycles. The highest BCUT2D eigenvalue weighted by atomic mass is 19.4. The molecule has 2 atom stereocenters. The van der Waals surface area contributed by atoms with Crippen LogP contribution in [0, 0.1) is 11.8 Å². The summed E-state index contributed by atoms with van der Waals surface area (Å²) in [5, 5.41) is 0. The molecule has 0 radical (unpaired) electrons. The lowest BCUT2D eigenvalue weighted by molar-refractivity contribution is -0.137. The average molecular weight is 467 g/mol. The molecule has 0 spiro atoms. The van der Waals surface area contributed by atoms with E-state index in [1.165, 1.54) is 21.6 Å². The smallest absolute Gasteiger partial charge is 0.383 e. The molecule has 1 aromatic carbocycles. The standard InChI is InChI=1S/C23H29F3N4O3/c1-4-5-10-29(18-19(27)30(12-13(2)3)22(33)28-20(18)31)21(32)17-11-16(17)14-6-8-15(9-7-14)23(24,25)26/h6-9,13,16-17H,4-5,10-12,27H2,1-3H3,(H,28,31,33). The first-order valence-corrected chi connectivity index (χ1v) is 11.1. The van der Waals surface area contributed by atoms with Gasteiger partial charge in [-0.2, -0.15) is 13.2 Å². The summed E-state index contributed by atoms with van der Waals surface area (Å²) in [7, 11) is 0. The van der Waals surface area contributed by atoms with Gasteiger partial charge in [-0.25, -0.2) is 4.79 Å². The number of aromatic nitrogens is 2. The number of nitrogen functional groups attached to an aromatic ring is 1. The van der Waals surface area contributed by atoms with E-state index < -0.39 is 28.9 Å². The maximum Gasteiger partial charge on any atom is 0.416 e. The number of aromatic amines is 1. The van der Waals surface area contributed by atoms with Gasteiger partial charge in [-0.3, -0.25) is 19.1 Å². The monoisotopic (exact) mass is 466 g/mol. The molecule has 1 fully saturated rings. The quantitative estimate of drug-likeness (QED) is 0.619. The van der Waals surface area contributed by atoms with Crippen molar-refractivity contribution in [1.29, 1.82) is 0 Å². The van der Waals surface area contributed by atoms with Crippen LogP contribution in [0.5, 0.6) is 0 Å². The SMILES string of the molecule is CCCCN(C(=O)C1CC1c1ccc(C(F)(F)F)cc1)c1c(N)n(CC(C)C)c(=O)[nH]c1=O. The van der Waals surface area contributed by atoms with Gasteiger partial charge in [0.15, 0.2) is 5.69 Å². The fraction of sp³-hybridized carbons (Fsp3) is 0.522. The summed E-state index contributed by atoms with van der Waals surface area (Å²) in [6, 6.07) is 4.80. The van der Waals surface area contributed by atoms with Gasteiger partial charge in [-0.05, 0) is 42.4 Å². The van der Waals surface area contributed by atoms with E-state index in [0.29, 0.717) is 18.4 Å². The third-order valence-electron chi connectivity index (χ3n) is 5.81. The number of H-pyrrole nitrogens is 1. The first-order valence-electron chi connectivity index (χ1n) is 11.1. The molecular weight excluding hydrogens is 437 g/mol. The molecular formula is C23H29F3N4O3. The first kappa shape index (κ1) is 24.6. The maximum atomic E-state index is 13.4. The molecule has 1 heterocycles. The summed E-state index contributed by atoms with van der Waals surface area (Å²) in [5.74, 6) is -1.00. The summed E-state index contributed by atoms with van der Waals surface area (Å²) < 4.78 is 39.8. The number of nitrogens with one attached hydrogen (secondary N) is 1. The van der Waals surface area contributed by atoms with Gasteiger partial charge in [0.05, 0.1) is 5.56 Å². The zero-order valence-electron chi connectivity index (χ0n) is 18.9. The van der Waals surface area contributed by atoms with Crippen LogP contribution in [-0.2, 0) is 17.5 Å². The Hall–Kier alpha value is -3.04. The predicted octanol–water partition coefficient (Wildman–Crippen LogP) is 3.73. The number of nitrogens with zero attached hydrogens (tertiary/aromatic N) is 2. The summed E-state index contributed by atoms with van der Waals surface area (Å²) in [6.07, 6.45) is -2.58. The lowest BCUT2D eigenvalue weighted by Gasteiger charge is -2.25. The Morgan fingerprint density at radius 2 is 1.88 bits per heavy atom. The van der Waals surface area contributed by atoms with Crippen LogP contribution in [0.1, 0.15) is 57.1 Å². The molecule has 2 unspecified atom stereocenters. The number of hydrogen-bond donors (Lipinski definition) is 2. The van der Waals surface area contributed by atoms with Crippen LogP contribution in [0.15, 0.2) is 33.9 Å². The summed E-state index contributed by atoms with van der Waals surface area (Å²) in [5.41, 5.74) is 4.70. The molecule has 2 aromatic rings. The third kappa shape index (κ3) is 5.31. The molecule has 1 saturated carbocycles. The van der Waals surface area contributed by atoms with Gasteiger partial charge in [-0.1, -0.05) is 39.3 Å². The molecule has 1 amide bonds. The van der Waals surface area contributed by atoms with Crippen LogP contribution < -0.4 is 21.9 Å². The number of alkyl halides is 3. The average Bonchev–Trinajstić information content (AvgIpc) is 3.53. The van der Waals surface area contributed by atoms with Crippen LogP contribution in [0.25, 0.3) is 0 Å². The van der Waals surface area contributed by atoms with Gasteiger partial charge in [0.2, 0.25) is 5.91 Å². The third-order valence-corrected chi connectivity index (χ3v) is 5.81. The topological polar surface area (TPSA) is 101 Å². The van der Waals surface area contributed by atoms with E-state index in [1.807, 2.05) is 20.8 Å². The van der Waals surface area contributed by atoms with Crippen LogP contribution in [0.2, 0.25) is 0 Å². The Balaban J connectivity index is 1.91. The maximum absolute atomic E-state index is 13.4. The molecule has 1 aliphatic rings. The van der Waals surface area contributed by atoms with Crippen molar-refractivity contribution in [2.24, 2.45) is 11.8 Å². The Morgan fingerprint density at radius 1 is 1.24 bits per heavy atom. The van der Waals surface area contributed by atoms with E-state index in [0.717, 1.165) is 18.6 Å². The largest absolute Gasteiger partial charge is 0.416 e. The van der Waals surface area contributed by atoms with E-state index >= 15 is 0 Å². The molecule has 180 valence electrons. The highest BCUT2D eigenvalue weighted by Gasteiger charge is 2.47. The van der Waals surface area contributed by atoms with Crippen LogP contribution in [0.4, 0.5) is 24.7 Å². The normalized spacial score (nSPS) is 17.9. The minimum atomic E-state index is -4.42. The molecule has 7 nitrogen and oxygen atoms in total. The Kier molecular flexibility index (Phi) is 7.04. The molecule has 1 aliphatic carbocycles. The second-order valence-electron chi connectivity index (χ2n) is 8.91. The number of amides is 1. The minimum Gasteiger partial charge on any atom is -0.383 e. The van der Waals surface area contributed by atoms with Crippen molar-refractivity contribution in [2.75, 3.05) is 17.2 Å². The van der Waals surface area contributed by atoms with Gasteiger partial charge >= 0.3 is 11.9 Å². The fourth-order valence-corrected chi connectivity index (χ4v) is 3.99. The lowest BCUT2D eigenvalue weighted by atomic mass is 10.1. The van der Waals surface area contributed by atoms with Gasteiger partial charge < -0.3 is 10.6 Å². The fourth-order valence-electron chi connectivity index (χ4n) is 3.99. The predicted molar refractivity (Wildman–Crippen MR) is 120 cm³/mol. The zero-order chi connectivity index (χ0) is 24.5. The van der Waals surface area contributed by atoms with Crippen LogP contribution in [-0.4, -0.2) is 22.0 Å². The second-order valence-corrected chi connectivity index (χ2v) is 8.91. The Labute approximate surface area is 189 Å². The van der Waals surface area contributed by atoms with E-state index in [1.54, 1.807) is 0 Å². The van der Waals surface area contributed by atoms with E-state index in [9.17, 15) is 27.6 Å². The highest BCUT2D eigenvalue weighted by molar-refractivity contribution is 5.99. The number of unbranched alkanes of at least 4 members (excludes halogenated alkanes) is 1. The summed E-state index contributed by atoms with van der Waals surface area (Å²) in [6.45, 7) is 6.27. The van der Waals surface area contributed by atoms with E-state index in [4.69, 9.17) is 5.73 Å². The number of hydrogen-bond acceptors (Lipinski definition) is 4. The van der Waals surface area contributed by atoms with Crippen molar-refractivity contribution in [2.45, 2.75) is 58.7 Å². The van der Waals surface area contributed by atoms with Crippen LogP contribution >= 0.6 is 0 Å². The minimum absolute atomic E-state index is 0.0493. The number of halogens is 3. The van der Waals surface area contributed by atoms with E-state index in [2.05, 4.69) is 4.98 Å². The summed E-state index contributed by atoms with van der Waals surface area (Å²) in [4.78, 5) is 42.0. The summed E-state index contributed by atoms with van der Waals surface area (Å²) >= 11 is 0. The highest BCUT2D eigenvalue weighted by Crippen LogP contribution is 2.49. The van der Waals surface area contributed by atoms with Crippen molar-refractivity contribution in [3.8, 4) is 0 Å². The van der Waals surface area contributed by atoms with Crippen molar-refractivity contribution in [3.05, 3.63) is 56.2 Å². The van der Waals surface area contributed by atoms with Crippen molar-refractivity contribution >= 4 is 17.4 Å². The van der Waals surface area contributed by atoms with Crippen LogP contribution in [0.3, 0.4) is 0 Å². The molecule has 3 rings (SSSR count). The number of anilines is 2. The number of carbonyl (C=O) groups is 1. The molecule has 1 aromatic heterocycles. The molecule has 0 saturated heterocycles. The molecule has 10 heteroatoms. The van der Waals surface area contributed by atoms with Crippen molar-refractivity contribution in [3.63, 3.8) is 0 Å². The van der Waals surface area contributed by atoms with Crippen molar-refractivity contribution < 1.29 is 18.0 Å². The van der Waals surface area contributed by atoms with Crippen molar-refractivity contribution in [1.82, 2.24) is 9.55 Å². The molecule has 33 heavy (non-hydrogen) atoms.